The molecule has 1 aromatic carbocycles. The molecule has 1 aliphatic carbocycles. The zero-order valence-electron chi connectivity index (χ0n) is 15.6. The number of aliphatic hydroxyl groups is 1. The van der Waals surface area contributed by atoms with Crippen LogP contribution >= 0.6 is 0 Å². The van der Waals surface area contributed by atoms with Gasteiger partial charge in [-0.15, -0.1) is 0 Å². The second-order valence-corrected chi connectivity index (χ2v) is 8.05. The van der Waals surface area contributed by atoms with Gasteiger partial charge in [-0.2, -0.15) is 0 Å². The Morgan fingerprint density at radius 3 is 2.48 bits per heavy atom. The highest BCUT2D eigenvalue weighted by Gasteiger charge is 2.28. The Kier molecular flexibility index (Phi) is 6.00. The molecule has 0 aromatic heterocycles. The second kappa shape index (κ2) is 8.22. The third-order valence-electron chi connectivity index (χ3n) is 6.15. The van der Waals surface area contributed by atoms with Gasteiger partial charge in [0.2, 0.25) is 0 Å². The fourth-order valence-corrected chi connectivity index (χ4v) is 4.40. The van der Waals surface area contributed by atoms with Crippen molar-refractivity contribution < 1.29 is 9.90 Å². The van der Waals surface area contributed by atoms with Crippen molar-refractivity contribution in [1.82, 2.24) is 4.90 Å². The number of rotatable bonds is 4. The molecule has 3 rings (SSSR count). The minimum absolute atomic E-state index is 0.116. The molecule has 2 fully saturated rings. The van der Waals surface area contributed by atoms with Gasteiger partial charge in [0.05, 0.1) is 0 Å². The number of nitrogens with one attached hydrogen (secondary N) is 1. The van der Waals surface area contributed by atoms with Gasteiger partial charge in [-0.25, -0.2) is 0 Å². The van der Waals surface area contributed by atoms with Gasteiger partial charge >= 0.3 is 0 Å². The molecule has 0 bridgehead atoms. The van der Waals surface area contributed by atoms with Crippen LogP contribution in [0.2, 0.25) is 0 Å². The van der Waals surface area contributed by atoms with Gasteiger partial charge in [0.25, 0.3) is 5.91 Å². The molecule has 1 aromatic rings. The molecule has 1 amide bonds. The van der Waals surface area contributed by atoms with Gasteiger partial charge < -0.3 is 15.3 Å². The third-order valence-corrected chi connectivity index (χ3v) is 6.15. The van der Waals surface area contributed by atoms with E-state index in [9.17, 15) is 9.90 Å². The number of nitrogens with zero attached hydrogens (tertiary/aromatic N) is 1. The maximum atomic E-state index is 12.8. The summed E-state index contributed by atoms with van der Waals surface area (Å²) in [6.07, 6.45) is 5.68. The van der Waals surface area contributed by atoms with Crippen molar-refractivity contribution in [3.8, 4) is 0 Å². The molecule has 1 heterocycles. The number of benzene rings is 1. The molecule has 2 unspecified atom stereocenters. The maximum absolute atomic E-state index is 12.8. The minimum atomic E-state index is 0.116. The summed E-state index contributed by atoms with van der Waals surface area (Å²) in [5.74, 6) is 1.80. The first-order valence-electron chi connectivity index (χ1n) is 9.85. The van der Waals surface area contributed by atoms with Crippen molar-refractivity contribution in [2.45, 2.75) is 52.0 Å². The number of carbonyl (C=O) groups excluding carboxylic acids is 1. The molecule has 2 atom stereocenters. The smallest absolute Gasteiger partial charge is 0.253 e. The molecule has 0 spiro atoms. The predicted octanol–water partition coefficient (Wildman–Crippen LogP) is 3.77. The topological polar surface area (TPSA) is 52.6 Å². The number of carbonyl (C=O) groups is 1. The lowest BCUT2D eigenvalue weighted by Crippen LogP contribution is -2.39. The highest BCUT2D eigenvalue weighted by Crippen LogP contribution is 2.31. The van der Waals surface area contributed by atoms with Crippen LogP contribution in [0.1, 0.15) is 56.3 Å². The average Bonchev–Trinajstić information content (AvgIpc) is 2.64. The number of anilines is 1. The number of hydrogen-bond donors (Lipinski definition) is 2. The van der Waals surface area contributed by atoms with E-state index in [0.29, 0.717) is 23.8 Å². The lowest BCUT2D eigenvalue weighted by molar-refractivity contribution is 0.0651. The first-order chi connectivity index (χ1) is 12.1. The summed E-state index contributed by atoms with van der Waals surface area (Å²) in [7, 11) is 0. The molecule has 1 saturated heterocycles. The van der Waals surface area contributed by atoms with Crippen LogP contribution in [-0.4, -0.2) is 41.7 Å². The van der Waals surface area contributed by atoms with E-state index in [2.05, 4.69) is 25.2 Å². The molecular formula is C21H32N2O2. The molecule has 0 radical (unpaired) electrons. The van der Waals surface area contributed by atoms with Gasteiger partial charge in [0, 0.05) is 37.0 Å². The standard InChI is InChI=1S/C21H32N2O2/c1-15-5-3-6-16(2)20(15)22-19-8-4-7-18(13-19)21(25)23-11-9-17(14-24)10-12-23/h4,7-8,13,15-17,20,22,24H,3,5-6,9-12,14H2,1-2H3. The Hall–Kier alpha value is -1.55. The normalized spacial score (nSPS) is 28.0. The number of piperidine rings is 1. The van der Waals surface area contributed by atoms with Crippen molar-refractivity contribution in [3.63, 3.8) is 0 Å². The SMILES string of the molecule is CC1CCCC(C)C1Nc1cccc(C(=O)N2CCC(CO)CC2)c1. The van der Waals surface area contributed by atoms with Crippen LogP contribution < -0.4 is 5.32 Å². The van der Waals surface area contributed by atoms with E-state index < -0.39 is 0 Å². The highest BCUT2D eigenvalue weighted by atomic mass is 16.3. The summed E-state index contributed by atoms with van der Waals surface area (Å²) in [6, 6.07) is 8.46. The summed E-state index contributed by atoms with van der Waals surface area (Å²) < 4.78 is 0. The van der Waals surface area contributed by atoms with Crippen molar-refractivity contribution >= 4 is 11.6 Å². The predicted molar refractivity (Wildman–Crippen MR) is 102 cm³/mol. The fraction of sp³-hybridized carbons (Fsp3) is 0.667. The van der Waals surface area contributed by atoms with Gasteiger partial charge in [-0.05, 0) is 61.6 Å². The van der Waals surface area contributed by atoms with Crippen LogP contribution in [-0.2, 0) is 0 Å². The molecule has 2 N–H and O–H groups in total. The third kappa shape index (κ3) is 4.35. The van der Waals surface area contributed by atoms with Crippen LogP contribution in [0.25, 0.3) is 0 Å². The molecule has 1 saturated carbocycles. The number of amides is 1. The Labute approximate surface area is 151 Å². The molecular weight excluding hydrogens is 312 g/mol. The molecule has 25 heavy (non-hydrogen) atoms. The number of likely N-dealkylation sites (tertiary alicyclic amines) is 1. The van der Waals surface area contributed by atoms with Crippen molar-refractivity contribution in [3.05, 3.63) is 29.8 Å². The number of hydrogen-bond acceptors (Lipinski definition) is 3. The van der Waals surface area contributed by atoms with Crippen molar-refractivity contribution in [1.29, 1.82) is 0 Å². The van der Waals surface area contributed by atoms with Crippen molar-refractivity contribution in [2.24, 2.45) is 17.8 Å². The van der Waals surface area contributed by atoms with Gasteiger partial charge in [-0.1, -0.05) is 26.3 Å². The van der Waals surface area contributed by atoms with Crippen LogP contribution in [0, 0.1) is 17.8 Å². The van der Waals surface area contributed by atoms with E-state index in [1.54, 1.807) is 0 Å². The van der Waals surface area contributed by atoms with Gasteiger partial charge in [-0.3, -0.25) is 4.79 Å². The Bertz CT molecular complexity index is 571. The highest BCUT2D eigenvalue weighted by molar-refractivity contribution is 5.95. The van der Waals surface area contributed by atoms with E-state index in [1.807, 2.05) is 23.1 Å². The van der Waals surface area contributed by atoms with Crippen LogP contribution in [0.4, 0.5) is 5.69 Å². The summed E-state index contributed by atoms with van der Waals surface area (Å²) in [5.41, 5.74) is 1.82. The molecule has 2 aliphatic rings. The minimum Gasteiger partial charge on any atom is -0.396 e. The van der Waals surface area contributed by atoms with Crippen molar-refractivity contribution in [2.75, 3.05) is 25.0 Å². The van der Waals surface area contributed by atoms with Gasteiger partial charge in [0.1, 0.15) is 0 Å². The van der Waals surface area contributed by atoms with Crippen LogP contribution in [0.15, 0.2) is 24.3 Å². The summed E-state index contributed by atoms with van der Waals surface area (Å²) >= 11 is 0. The lowest BCUT2D eigenvalue weighted by Gasteiger charge is -2.36. The van der Waals surface area contributed by atoms with E-state index in [4.69, 9.17) is 0 Å². The van der Waals surface area contributed by atoms with Gasteiger partial charge in [0.15, 0.2) is 0 Å². The lowest BCUT2D eigenvalue weighted by atomic mass is 9.78. The summed E-state index contributed by atoms with van der Waals surface area (Å²) in [5, 5.41) is 12.9. The quantitative estimate of drug-likeness (QED) is 0.874. The summed E-state index contributed by atoms with van der Waals surface area (Å²) in [6.45, 7) is 6.39. The molecule has 1 aliphatic heterocycles. The second-order valence-electron chi connectivity index (χ2n) is 8.05. The van der Waals surface area contributed by atoms with E-state index in [-0.39, 0.29) is 12.5 Å². The first kappa shape index (κ1) is 18.2. The largest absolute Gasteiger partial charge is 0.396 e. The zero-order valence-corrected chi connectivity index (χ0v) is 15.6. The molecule has 4 heteroatoms. The number of aliphatic hydroxyl groups excluding tert-OH is 1. The fourth-order valence-electron chi connectivity index (χ4n) is 4.40. The van der Waals surface area contributed by atoms with E-state index >= 15 is 0 Å². The maximum Gasteiger partial charge on any atom is 0.253 e. The Morgan fingerprint density at radius 2 is 1.84 bits per heavy atom. The Morgan fingerprint density at radius 1 is 1.16 bits per heavy atom. The zero-order chi connectivity index (χ0) is 17.8. The van der Waals surface area contributed by atoms with E-state index in [1.165, 1.54) is 19.3 Å². The monoisotopic (exact) mass is 344 g/mol. The molecule has 4 nitrogen and oxygen atoms in total. The van der Waals surface area contributed by atoms with Crippen LogP contribution in [0.5, 0.6) is 0 Å². The average molecular weight is 344 g/mol. The molecule has 138 valence electrons. The summed E-state index contributed by atoms with van der Waals surface area (Å²) in [4.78, 5) is 14.7. The van der Waals surface area contributed by atoms with Crippen LogP contribution in [0.3, 0.4) is 0 Å². The first-order valence-corrected chi connectivity index (χ1v) is 9.85. The Balaban J connectivity index is 1.66. The van der Waals surface area contributed by atoms with E-state index in [0.717, 1.165) is 37.2 Å².